The molecular weight excluding hydrogens is 547 g/mol. The van der Waals surface area contributed by atoms with E-state index in [1.165, 1.54) is 22.9 Å². The number of hydrogen-bond acceptors (Lipinski definition) is 4. The molecule has 29 heavy (non-hydrogen) atoms. The zero-order valence-electron chi connectivity index (χ0n) is 16.1. The normalized spacial score (nSPS) is 14.9. The number of guanidine groups is 1. The average molecular weight is 571 g/mol. The van der Waals surface area contributed by atoms with E-state index < -0.39 is 0 Å². The summed E-state index contributed by atoms with van der Waals surface area (Å²) in [6, 6.07) is 12.1. The zero-order chi connectivity index (χ0) is 19.4. The first-order valence-electron chi connectivity index (χ1n) is 9.35. The highest BCUT2D eigenvalue weighted by Crippen LogP contribution is 2.49. The standard InChI is InChI=1S/C20H23BrN6O.HI/c1-22-19(24-13-20(9-10-20)14-5-2-3-6-15(14)21)23-11-8-17-25-18(27-26-17)16-7-4-12-28-16;/h2-7,12H,8-11,13H2,1H3,(H2,22,23,24)(H,25,26,27);1H. The van der Waals surface area contributed by atoms with Crippen LogP contribution >= 0.6 is 39.9 Å². The highest BCUT2D eigenvalue weighted by Gasteiger charge is 2.45. The first-order valence-corrected chi connectivity index (χ1v) is 10.1. The van der Waals surface area contributed by atoms with Crippen LogP contribution < -0.4 is 10.6 Å². The molecule has 0 aliphatic heterocycles. The van der Waals surface area contributed by atoms with Crippen molar-refractivity contribution in [2.75, 3.05) is 20.1 Å². The summed E-state index contributed by atoms with van der Waals surface area (Å²) in [5.74, 6) is 2.84. The van der Waals surface area contributed by atoms with Crippen molar-refractivity contribution in [1.29, 1.82) is 0 Å². The van der Waals surface area contributed by atoms with Gasteiger partial charge in [0.2, 0.25) is 5.82 Å². The molecule has 7 nitrogen and oxygen atoms in total. The van der Waals surface area contributed by atoms with Crippen molar-refractivity contribution >= 4 is 45.9 Å². The van der Waals surface area contributed by atoms with Crippen LogP contribution in [-0.4, -0.2) is 41.3 Å². The molecule has 0 unspecified atom stereocenters. The van der Waals surface area contributed by atoms with Crippen LogP contribution in [0.4, 0.5) is 0 Å². The largest absolute Gasteiger partial charge is 0.461 e. The highest BCUT2D eigenvalue weighted by atomic mass is 127. The molecule has 3 aromatic rings. The van der Waals surface area contributed by atoms with E-state index in [0.717, 1.165) is 18.3 Å². The summed E-state index contributed by atoms with van der Waals surface area (Å²) in [7, 11) is 1.79. The van der Waals surface area contributed by atoms with Crippen LogP contribution in [-0.2, 0) is 11.8 Å². The maximum Gasteiger partial charge on any atom is 0.216 e. The summed E-state index contributed by atoms with van der Waals surface area (Å²) < 4.78 is 6.49. The van der Waals surface area contributed by atoms with Gasteiger partial charge in [-0.1, -0.05) is 34.1 Å². The topological polar surface area (TPSA) is 91.1 Å². The lowest BCUT2D eigenvalue weighted by atomic mass is 9.96. The number of H-pyrrole nitrogens is 1. The number of aliphatic imine (C=N–C) groups is 1. The van der Waals surface area contributed by atoms with E-state index in [-0.39, 0.29) is 29.4 Å². The Bertz CT molecular complexity index is 952. The summed E-state index contributed by atoms with van der Waals surface area (Å²) in [6.07, 6.45) is 4.70. The second kappa shape index (κ2) is 9.75. The summed E-state index contributed by atoms with van der Waals surface area (Å²) in [6.45, 7) is 1.56. The van der Waals surface area contributed by atoms with Gasteiger partial charge in [0.05, 0.1) is 6.26 Å². The summed E-state index contributed by atoms with van der Waals surface area (Å²) in [5, 5.41) is 14.0. The summed E-state index contributed by atoms with van der Waals surface area (Å²) >= 11 is 3.68. The Kier molecular flexibility index (Phi) is 7.33. The number of aromatic amines is 1. The third-order valence-electron chi connectivity index (χ3n) is 5.04. The number of halogens is 2. The summed E-state index contributed by atoms with van der Waals surface area (Å²) in [5.41, 5.74) is 1.56. The monoisotopic (exact) mass is 570 g/mol. The molecule has 1 aliphatic carbocycles. The van der Waals surface area contributed by atoms with Gasteiger partial charge in [-0.15, -0.1) is 24.0 Å². The number of nitrogens with one attached hydrogen (secondary N) is 3. The lowest BCUT2D eigenvalue weighted by Gasteiger charge is -2.20. The van der Waals surface area contributed by atoms with Crippen LogP contribution in [0.15, 0.2) is 56.5 Å². The average Bonchev–Trinajstić information content (AvgIpc) is 3.10. The second-order valence-electron chi connectivity index (χ2n) is 6.95. The molecule has 2 heterocycles. The van der Waals surface area contributed by atoms with E-state index in [4.69, 9.17) is 4.42 Å². The molecule has 0 atom stereocenters. The minimum Gasteiger partial charge on any atom is -0.461 e. The van der Waals surface area contributed by atoms with Crippen molar-refractivity contribution in [1.82, 2.24) is 25.8 Å². The van der Waals surface area contributed by atoms with Gasteiger partial charge in [-0.25, -0.2) is 4.98 Å². The molecule has 1 aromatic carbocycles. The van der Waals surface area contributed by atoms with E-state index in [0.29, 0.717) is 24.6 Å². The smallest absolute Gasteiger partial charge is 0.216 e. The molecule has 0 spiro atoms. The SMILES string of the molecule is CN=C(NCCc1nc(-c2ccco2)n[nH]1)NCC1(c2ccccc2Br)CC1.I. The lowest BCUT2D eigenvalue weighted by molar-refractivity contribution is 0.577. The number of nitrogens with zero attached hydrogens (tertiary/aromatic N) is 3. The molecule has 9 heteroatoms. The highest BCUT2D eigenvalue weighted by molar-refractivity contribution is 14.0. The fourth-order valence-electron chi connectivity index (χ4n) is 3.28. The van der Waals surface area contributed by atoms with E-state index >= 15 is 0 Å². The number of aromatic nitrogens is 3. The Labute approximate surface area is 195 Å². The van der Waals surface area contributed by atoms with Crippen LogP contribution in [0, 0.1) is 0 Å². The van der Waals surface area contributed by atoms with E-state index in [1.807, 2.05) is 12.1 Å². The molecule has 154 valence electrons. The number of rotatable bonds is 7. The molecular formula is C20H24BrIN6O. The van der Waals surface area contributed by atoms with Crippen molar-refractivity contribution < 1.29 is 4.42 Å². The molecule has 0 saturated heterocycles. The minimum atomic E-state index is 0. The van der Waals surface area contributed by atoms with Crippen molar-refractivity contribution in [3.8, 4) is 11.6 Å². The zero-order valence-corrected chi connectivity index (χ0v) is 20.0. The predicted octanol–water partition coefficient (Wildman–Crippen LogP) is 3.88. The minimum absolute atomic E-state index is 0. The molecule has 3 N–H and O–H groups in total. The fraction of sp³-hybridized carbons (Fsp3) is 0.350. The molecule has 4 rings (SSSR count). The van der Waals surface area contributed by atoms with Gasteiger partial charge in [0, 0.05) is 36.4 Å². The van der Waals surface area contributed by atoms with E-state index in [2.05, 4.69) is 71.0 Å². The van der Waals surface area contributed by atoms with Crippen molar-refractivity contribution in [3.63, 3.8) is 0 Å². The van der Waals surface area contributed by atoms with Crippen LogP contribution in [0.25, 0.3) is 11.6 Å². The van der Waals surface area contributed by atoms with Crippen LogP contribution in [0.5, 0.6) is 0 Å². The van der Waals surface area contributed by atoms with Gasteiger partial charge in [0.15, 0.2) is 11.7 Å². The van der Waals surface area contributed by atoms with Gasteiger partial charge in [0.1, 0.15) is 5.82 Å². The molecule has 1 aliphatic rings. The van der Waals surface area contributed by atoms with Gasteiger partial charge in [-0.05, 0) is 36.6 Å². The van der Waals surface area contributed by atoms with E-state index in [1.54, 1.807) is 13.3 Å². The van der Waals surface area contributed by atoms with Gasteiger partial charge in [0.25, 0.3) is 0 Å². The maximum atomic E-state index is 5.31. The first kappa shape index (κ1) is 21.8. The first-order chi connectivity index (χ1) is 13.7. The van der Waals surface area contributed by atoms with Crippen molar-refractivity contribution in [2.45, 2.75) is 24.7 Å². The molecule has 1 fully saturated rings. The van der Waals surface area contributed by atoms with Crippen LogP contribution in [0.1, 0.15) is 24.2 Å². The Morgan fingerprint density at radius 1 is 1.24 bits per heavy atom. The van der Waals surface area contributed by atoms with Crippen LogP contribution in [0.2, 0.25) is 0 Å². The van der Waals surface area contributed by atoms with Crippen LogP contribution in [0.3, 0.4) is 0 Å². The molecule has 0 bridgehead atoms. The van der Waals surface area contributed by atoms with Gasteiger partial charge < -0.3 is 15.1 Å². The number of furan rings is 1. The molecule has 0 amide bonds. The Hall–Kier alpha value is -1.88. The second-order valence-corrected chi connectivity index (χ2v) is 7.80. The number of benzene rings is 1. The predicted molar refractivity (Wildman–Crippen MR) is 128 cm³/mol. The van der Waals surface area contributed by atoms with Gasteiger partial charge in [-0.3, -0.25) is 10.1 Å². The van der Waals surface area contributed by atoms with Crippen molar-refractivity contribution in [3.05, 3.63) is 58.5 Å². The molecule has 0 radical (unpaired) electrons. The Morgan fingerprint density at radius 2 is 2.07 bits per heavy atom. The molecule has 2 aromatic heterocycles. The summed E-state index contributed by atoms with van der Waals surface area (Å²) in [4.78, 5) is 8.79. The third-order valence-corrected chi connectivity index (χ3v) is 5.74. The maximum absolute atomic E-state index is 5.31. The quantitative estimate of drug-likeness (QED) is 0.228. The molecule has 1 saturated carbocycles. The Morgan fingerprint density at radius 3 is 2.76 bits per heavy atom. The third kappa shape index (κ3) is 5.19. The fourth-order valence-corrected chi connectivity index (χ4v) is 3.98. The lowest BCUT2D eigenvalue weighted by Crippen LogP contribution is -2.42. The van der Waals surface area contributed by atoms with Gasteiger partial charge in [-0.2, -0.15) is 5.10 Å². The van der Waals surface area contributed by atoms with E-state index in [9.17, 15) is 0 Å². The Balaban J connectivity index is 0.00000240. The number of hydrogen-bond donors (Lipinski definition) is 3. The van der Waals surface area contributed by atoms with Gasteiger partial charge >= 0.3 is 0 Å². The van der Waals surface area contributed by atoms with Crippen molar-refractivity contribution in [2.24, 2.45) is 4.99 Å².